The normalized spacial score (nSPS) is 15.0. The zero-order valence-corrected chi connectivity index (χ0v) is 18.8. The SMILES string of the molecule is CCOc1ccc(-c2nc(S(=O)(=O)c3ccc(C)cc3)c(N3CCCCCC3)o2)cc1. The Hall–Kier alpha value is -2.80. The molecule has 6 nitrogen and oxygen atoms in total. The molecule has 1 saturated heterocycles. The molecule has 1 aliphatic rings. The highest BCUT2D eigenvalue weighted by Crippen LogP contribution is 2.36. The van der Waals surface area contributed by atoms with Crippen LogP contribution in [-0.4, -0.2) is 33.1 Å². The maximum Gasteiger partial charge on any atom is 0.236 e. The fourth-order valence-corrected chi connectivity index (χ4v) is 5.08. The highest BCUT2D eigenvalue weighted by Gasteiger charge is 2.31. The number of oxazole rings is 1. The van der Waals surface area contributed by atoms with Crippen molar-refractivity contribution in [2.45, 2.75) is 49.5 Å². The molecule has 0 radical (unpaired) electrons. The monoisotopic (exact) mass is 440 g/mol. The lowest BCUT2D eigenvalue weighted by Gasteiger charge is -2.20. The molecule has 4 rings (SSSR count). The Morgan fingerprint density at radius 3 is 2.23 bits per heavy atom. The van der Waals surface area contributed by atoms with Crippen LogP contribution in [0.5, 0.6) is 5.75 Å². The van der Waals surface area contributed by atoms with Crippen molar-refractivity contribution >= 4 is 15.7 Å². The minimum absolute atomic E-state index is 0.0119. The van der Waals surface area contributed by atoms with Gasteiger partial charge in [0.2, 0.25) is 26.6 Å². The second-order valence-electron chi connectivity index (χ2n) is 7.80. The van der Waals surface area contributed by atoms with Crippen LogP contribution >= 0.6 is 0 Å². The quantitative estimate of drug-likeness (QED) is 0.520. The van der Waals surface area contributed by atoms with Gasteiger partial charge in [-0.1, -0.05) is 30.5 Å². The molecule has 2 aromatic carbocycles. The van der Waals surface area contributed by atoms with E-state index in [1.807, 2.05) is 43.0 Å². The topological polar surface area (TPSA) is 72.6 Å². The van der Waals surface area contributed by atoms with Gasteiger partial charge in [0.05, 0.1) is 11.5 Å². The Bertz CT molecular complexity index is 1110. The van der Waals surface area contributed by atoms with E-state index >= 15 is 0 Å². The predicted octanol–water partition coefficient (Wildman–Crippen LogP) is 5.26. The maximum atomic E-state index is 13.5. The molecule has 31 heavy (non-hydrogen) atoms. The first-order chi connectivity index (χ1) is 15.0. The standard InChI is InChI=1S/C24H28N2O4S/c1-3-29-20-12-10-19(11-13-20)22-25-23(24(30-22)26-16-6-4-5-7-17-26)31(27,28)21-14-8-18(2)9-15-21/h8-15H,3-7,16-17H2,1-2H3. The second-order valence-corrected chi connectivity index (χ2v) is 9.67. The van der Waals surface area contributed by atoms with Crippen LogP contribution in [0, 0.1) is 6.92 Å². The summed E-state index contributed by atoms with van der Waals surface area (Å²) in [6.45, 7) is 5.95. The minimum atomic E-state index is -3.82. The molecule has 1 fully saturated rings. The van der Waals surface area contributed by atoms with E-state index in [0.29, 0.717) is 23.9 Å². The van der Waals surface area contributed by atoms with E-state index in [2.05, 4.69) is 4.98 Å². The highest BCUT2D eigenvalue weighted by molar-refractivity contribution is 7.91. The van der Waals surface area contributed by atoms with Crippen LogP contribution in [0.3, 0.4) is 0 Å². The second kappa shape index (κ2) is 9.14. The lowest BCUT2D eigenvalue weighted by molar-refractivity contribution is 0.340. The molecule has 0 bridgehead atoms. The largest absolute Gasteiger partial charge is 0.494 e. The summed E-state index contributed by atoms with van der Waals surface area (Å²) >= 11 is 0. The van der Waals surface area contributed by atoms with Gasteiger partial charge in [0.15, 0.2) is 0 Å². The maximum absolute atomic E-state index is 13.5. The molecule has 7 heteroatoms. The molecule has 0 atom stereocenters. The van der Waals surface area contributed by atoms with E-state index in [4.69, 9.17) is 9.15 Å². The van der Waals surface area contributed by atoms with E-state index in [0.717, 1.165) is 50.1 Å². The summed E-state index contributed by atoms with van der Waals surface area (Å²) in [5, 5.41) is -0.0119. The van der Waals surface area contributed by atoms with Crippen LogP contribution in [0.1, 0.15) is 38.2 Å². The lowest BCUT2D eigenvalue weighted by atomic mass is 10.2. The Balaban J connectivity index is 1.79. The molecule has 3 aromatic rings. The molecule has 1 aromatic heterocycles. The molecular weight excluding hydrogens is 412 g/mol. The minimum Gasteiger partial charge on any atom is -0.494 e. The molecule has 0 N–H and O–H groups in total. The summed E-state index contributed by atoms with van der Waals surface area (Å²) < 4.78 is 38.6. The van der Waals surface area contributed by atoms with Gasteiger partial charge in [-0.15, -0.1) is 0 Å². The first kappa shape index (κ1) is 21.4. The first-order valence-electron chi connectivity index (χ1n) is 10.8. The van der Waals surface area contributed by atoms with Crippen molar-refractivity contribution in [2.75, 3.05) is 24.6 Å². The number of ether oxygens (including phenoxy) is 1. The first-order valence-corrected chi connectivity index (χ1v) is 12.3. The van der Waals surface area contributed by atoms with E-state index in [1.54, 1.807) is 24.3 Å². The van der Waals surface area contributed by atoms with Gasteiger partial charge in [0.25, 0.3) is 0 Å². The summed E-state index contributed by atoms with van der Waals surface area (Å²) in [7, 11) is -3.82. The van der Waals surface area contributed by atoms with Crippen LogP contribution in [0.25, 0.3) is 11.5 Å². The third-order valence-corrected chi connectivity index (χ3v) is 7.14. The van der Waals surface area contributed by atoms with Gasteiger partial charge in [-0.05, 0) is 63.1 Å². The van der Waals surface area contributed by atoms with Crippen molar-refractivity contribution in [1.29, 1.82) is 0 Å². The zero-order valence-electron chi connectivity index (χ0n) is 18.0. The van der Waals surface area contributed by atoms with Gasteiger partial charge < -0.3 is 14.1 Å². The lowest BCUT2D eigenvalue weighted by Crippen LogP contribution is -2.25. The van der Waals surface area contributed by atoms with Crippen molar-refractivity contribution in [1.82, 2.24) is 4.98 Å². The predicted molar refractivity (Wildman–Crippen MR) is 120 cm³/mol. The summed E-state index contributed by atoms with van der Waals surface area (Å²) in [6.07, 6.45) is 4.28. The van der Waals surface area contributed by atoms with Crippen LogP contribution < -0.4 is 9.64 Å². The summed E-state index contributed by atoms with van der Waals surface area (Å²) in [4.78, 5) is 6.75. The Morgan fingerprint density at radius 1 is 0.968 bits per heavy atom. The van der Waals surface area contributed by atoms with Gasteiger partial charge in [-0.25, -0.2) is 8.42 Å². The number of benzene rings is 2. The molecule has 1 aliphatic heterocycles. The van der Waals surface area contributed by atoms with Crippen molar-refractivity contribution < 1.29 is 17.6 Å². The molecule has 0 saturated carbocycles. The zero-order chi connectivity index (χ0) is 21.8. The molecule has 0 aliphatic carbocycles. The number of aromatic nitrogens is 1. The average Bonchev–Trinajstić information content (AvgIpc) is 3.05. The van der Waals surface area contributed by atoms with Crippen molar-refractivity contribution in [3.63, 3.8) is 0 Å². The van der Waals surface area contributed by atoms with E-state index < -0.39 is 9.84 Å². The van der Waals surface area contributed by atoms with E-state index in [9.17, 15) is 8.42 Å². The molecule has 2 heterocycles. The fourth-order valence-electron chi connectivity index (χ4n) is 3.76. The number of nitrogens with zero attached hydrogens (tertiary/aromatic N) is 2. The third kappa shape index (κ3) is 4.61. The number of anilines is 1. The van der Waals surface area contributed by atoms with Crippen molar-refractivity contribution in [2.24, 2.45) is 0 Å². The molecule has 0 unspecified atom stereocenters. The van der Waals surface area contributed by atoms with Crippen LogP contribution in [0.4, 0.5) is 5.88 Å². The third-order valence-electron chi connectivity index (χ3n) is 5.47. The van der Waals surface area contributed by atoms with E-state index in [-0.39, 0.29) is 9.92 Å². The van der Waals surface area contributed by atoms with Gasteiger partial charge in [-0.2, -0.15) is 4.98 Å². The van der Waals surface area contributed by atoms with E-state index in [1.165, 1.54) is 0 Å². The van der Waals surface area contributed by atoms with Gasteiger partial charge in [0.1, 0.15) is 5.75 Å². The molecule has 0 spiro atoms. The Labute approximate surface area is 183 Å². The van der Waals surface area contributed by atoms with Crippen LogP contribution in [-0.2, 0) is 9.84 Å². The fraction of sp³-hybridized carbons (Fsp3) is 0.375. The van der Waals surface area contributed by atoms with Crippen molar-refractivity contribution in [3.8, 4) is 17.2 Å². The van der Waals surface area contributed by atoms with Crippen LogP contribution in [0.2, 0.25) is 0 Å². The number of rotatable bonds is 6. The Kier molecular flexibility index (Phi) is 6.32. The average molecular weight is 441 g/mol. The number of hydrogen-bond acceptors (Lipinski definition) is 6. The smallest absolute Gasteiger partial charge is 0.236 e. The van der Waals surface area contributed by atoms with Gasteiger partial charge in [0, 0.05) is 18.7 Å². The Morgan fingerprint density at radius 2 is 1.61 bits per heavy atom. The molecular formula is C24H28N2O4S. The highest BCUT2D eigenvalue weighted by atomic mass is 32.2. The van der Waals surface area contributed by atoms with Gasteiger partial charge in [-0.3, -0.25) is 0 Å². The van der Waals surface area contributed by atoms with Gasteiger partial charge >= 0.3 is 0 Å². The number of aryl methyl sites for hydroxylation is 1. The van der Waals surface area contributed by atoms with Crippen molar-refractivity contribution in [3.05, 3.63) is 54.1 Å². The molecule has 164 valence electrons. The number of sulfone groups is 1. The number of hydrogen-bond donors (Lipinski definition) is 0. The summed E-state index contributed by atoms with van der Waals surface area (Å²) in [6, 6.07) is 14.2. The molecule has 0 amide bonds. The summed E-state index contributed by atoms with van der Waals surface area (Å²) in [5.74, 6) is 1.39. The summed E-state index contributed by atoms with van der Waals surface area (Å²) in [5.41, 5.74) is 1.71. The van der Waals surface area contributed by atoms with Crippen LogP contribution in [0.15, 0.2) is 62.9 Å².